The zero-order chi connectivity index (χ0) is 22.5. The molecule has 0 saturated carbocycles. The van der Waals surface area contributed by atoms with E-state index in [0.717, 1.165) is 30.3 Å². The second kappa shape index (κ2) is 9.97. The van der Waals surface area contributed by atoms with Crippen molar-refractivity contribution in [1.29, 1.82) is 0 Å². The molecule has 0 unspecified atom stereocenters. The lowest BCUT2D eigenvalue weighted by atomic mass is 10.2. The number of halogens is 1. The molecule has 0 bridgehead atoms. The monoisotopic (exact) mass is 497 g/mol. The highest BCUT2D eigenvalue weighted by atomic mass is 79.9. The third-order valence-corrected chi connectivity index (χ3v) is 5.68. The highest BCUT2D eigenvalue weighted by Gasteiger charge is 2.15. The van der Waals surface area contributed by atoms with Crippen LogP contribution in [-0.2, 0) is 4.74 Å². The first-order chi connectivity index (χ1) is 15.5. The number of aryl methyl sites for hydroxylation is 1. The Balaban J connectivity index is 1.44. The molecule has 0 aliphatic carbocycles. The van der Waals surface area contributed by atoms with Crippen molar-refractivity contribution in [3.8, 4) is 5.75 Å². The minimum Gasteiger partial charge on any atom is -0.497 e. The van der Waals surface area contributed by atoms with E-state index in [0.29, 0.717) is 40.6 Å². The standard InChI is InChI=1S/C23H24BrN5O3/c1-15-13-21(29-9-11-32-12-10-29)28-23(25-15)27-17-5-3-16(4-6-17)26-22(30)19-14-18(31-2)7-8-20(19)24/h3-8,13-14H,9-12H2,1-2H3,(H,26,30)(H,25,27,28). The van der Waals surface area contributed by atoms with Crippen LogP contribution in [0.3, 0.4) is 0 Å². The molecule has 0 spiro atoms. The molecule has 3 aromatic rings. The van der Waals surface area contributed by atoms with Crippen LogP contribution in [0.15, 0.2) is 53.0 Å². The van der Waals surface area contributed by atoms with Crippen molar-refractivity contribution >= 4 is 45.0 Å². The summed E-state index contributed by atoms with van der Waals surface area (Å²) in [5, 5.41) is 6.14. The van der Waals surface area contributed by atoms with Gasteiger partial charge in [-0.05, 0) is 65.3 Å². The Morgan fingerprint density at radius 1 is 1.06 bits per heavy atom. The summed E-state index contributed by atoms with van der Waals surface area (Å²) in [5.41, 5.74) is 2.88. The van der Waals surface area contributed by atoms with Crippen LogP contribution in [0.2, 0.25) is 0 Å². The van der Waals surface area contributed by atoms with Crippen LogP contribution in [0.1, 0.15) is 16.1 Å². The van der Waals surface area contributed by atoms with E-state index in [1.807, 2.05) is 37.3 Å². The zero-order valence-corrected chi connectivity index (χ0v) is 19.5. The number of carbonyl (C=O) groups is 1. The number of anilines is 4. The number of benzene rings is 2. The van der Waals surface area contributed by atoms with Crippen molar-refractivity contribution in [3.63, 3.8) is 0 Å². The van der Waals surface area contributed by atoms with E-state index in [1.165, 1.54) is 0 Å². The average molecular weight is 498 g/mol. The zero-order valence-electron chi connectivity index (χ0n) is 17.9. The summed E-state index contributed by atoms with van der Waals surface area (Å²) < 4.78 is 11.3. The molecule has 4 rings (SSSR count). The number of nitrogens with zero attached hydrogens (tertiary/aromatic N) is 3. The van der Waals surface area contributed by atoms with E-state index < -0.39 is 0 Å². The lowest BCUT2D eigenvalue weighted by molar-refractivity contribution is 0.102. The molecule has 1 aromatic heterocycles. The normalized spacial score (nSPS) is 13.5. The summed E-state index contributed by atoms with van der Waals surface area (Å²) in [5.74, 6) is 1.81. The smallest absolute Gasteiger partial charge is 0.256 e. The first-order valence-electron chi connectivity index (χ1n) is 10.2. The molecule has 0 radical (unpaired) electrons. The molecule has 1 aliphatic rings. The molecular formula is C23H24BrN5O3. The fraction of sp³-hybridized carbons (Fsp3) is 0.261. The Bertz CT molecular complexity index is 1100. The fourth-order valence-electron chi connectivity index (χ4n) is 3.33. The number of hydrogen-bond donors (Lipinski definition) is 2. The number of rotatable bonds is 6. The number of amides is 1. The largest absolute Gasteiger partial charge is 0.497 e. The van der Waals surface area contributed by atoms with Crippen LogP contribution in [0.5, 0.6) is 5.75 Å². The van der Waals surface area contributed by atoms with Gasteiger partial charge in [-0.2, -0.15) is 4.98 Å². The van der Waals surface area contributed by atoms with Crippen LogP contribution >= 0.6 is 15.9 Å². The van der Waals surface area contributed by atoms with Crippen LogP contribution in [0, 0.1) is 6.92 Å². The first kappa shape index (κ1) is 22.0. The van der Waals surface area contributed by atoms with Crippen LogP contribution in [-0.4, -0.2) is 49.3 Å². The summed E-state index contributed by atoms with van der Waals surface area (Å²) >= 11 is 3.41. The van der Waals surface area contributed by atoms with Crippen molar-refractivity contribution in [2.75, 3.05) is 48.9 Å². The maximum atomic E-state index is 12.7. The van der Waals surface area contributed by atoms with Gasteiger partial charge in [-0.25, -0.2) is 4.98 Å². The lowest BCUT2D eigenvalue weighted by Gasteiger charge is -2.28. The van der Waals surface area contributed by atoms with Gasteiger partial charge in [0.15, 0.2) is 0 Å². The predicted molar refractivity (Wildman–Crippen MR) is 128 cm³/mol. The van der Waals surface area contributed by atoms with E-state index in [1.54, 1.807) is 25.3 Å². The molecule has 1 amide bonds. The van der Waals surface area contributed by atoms with E-state index in [2.05, 4.69) is 41.4 Å². The Labute approximate surface area is 195 Å². The maximum Gasteiger partial charge on any atom is 0.256 e. The number of nitrogens with one attached hydrogen (secondary N) is 2. The Hall–Kier alpha value is -3.17. The van der Waals surface area contributed by atoms with Crippen LogP contribution < -0.4 is 20.3 Å². The fourth-order valence-corrected chi connectivity index (χ4v) is 3.76. The molecule has 2 aromatic carbocycles. The summed E-state index contributed by atoms with van der Waals surface area (Å²) in [6, 6.07) is 14.6. The van der Waals surface area contributed by atoms with Gasteiger partial charge in [0, 0.05) is 40.7 Å². The average Bonchev–Trinajstić information content (AvgIpc) is 2.81. The number of carbonyl (C=O) groups excluding carboxylic acids is 1. The van der Waals surface area contributed by atoms with Gasteiger partial charge in [-0.15, -0.1) is 0 Å². The highest BCUT2D eigenvalue weighted by Crippen LogP contribution is 2.25. The molecule has 9 heteroatoms. The summed E-state index contributed by atoms with van der Waals surface area (Å²) in [6.45, 7) is 4.98. The van der Waals surface area contributed by atoms with Gasteiger partial charge in [0.1, 0.15) is 11.6 Å². The van der Waals surface area contributed by atoms with Gasteiger partial charge in [-0.1, -0.05) is 0 Å². The number of hydrogen-bond acceptors (Lipinski definition) is 7. The summed E-state index contributed by atoms with van der Waals surface area (Å²) in [7, 11) is 1.57. The maximum absolute atomic E-state index is 12.7. The molecule has 8 nitrogen and oxygen atoms in total. The van der Waals surface area contributed by atoms with Gasteiger partial charge < -0.3 is 25.0 Å². The lowest BCUT2D eigenvalue weighted by Crippen LogP contribution is -2.36. The van der Waals surface area contributed by atoms with Crippen molar-refractivity contribution in [3.05, 3.63) is 64.3 Å². The summed E-state index contributed by atoms with van der Waals surface area (Å²) in [6.07, 6.45) is 0. The van der Waals surface area contributed by atoms with Gasteiger partial charge in [0.2, 0.25) is 5.95 Å². The quantitative estimate of drug-likeness (QED) is 0.521. The first-order valence-corrected chi connectivity index (χ1v) is 11.0. The molecule has 1 fully saturated rings. The van der Waals surface area contributed by atoms with Crippen molar-refractivity contribution < 1.29 is 14.3 Å². The number of morpholine rings is 1. The Morgan fingerprint density at radius 3 is 2.50 bits per heavy atom. The van der Waals surface area contributed by atoms with Crippen LogP contribution in [0.25, 0.3) is 0 Å². The molecule has 166 valence electrons. The molecule has 1 aliphatic heterocycles. The van der Waals surface area contributed by atoms with Gasteiger partial charge >= 0.3 is 0 Å². The molecule has 0 atom stereocenters. The SMILES string of the molecule is COc1ccc(Br)c(C(=O)Nc2ccc(Nc3nc(C)cc(N4CCOCC4)n3)cc2)c1. The van der Waals surface area contributed by atoms with Crippen LogP contribution in [0.4, 0.5) is 23.1 Å². The van der Waals surface area contributed by atoms with Gasteiger partial charge in [0.25, 0.3) is 5.91 Å². The van der Waals surface area contributed by atoms with Crippen molar-refractivity contribution in [2.45, 2.75) is 6.92 Å². The number of methoxy groups -OCH3 is 1. The van der Waals surface area contributed by atoms with E-state index in [4.69, 9.17) is 9.47 Å². The van der Waals surface area contributed by atoms with E-state index in [9.17, 15) is 4.79 Å². The topological polar surface area (TPSA) is 88.6 Å². The Morgan fingerprint density at radius 2 is 1.78 bits per heavy atom. The molecular weight excluding hydrogens is 474 g/mol. The summed E-state index contributed by atoms with van der Waals surface area (Å²) in [4.78, 5) is 24.0. The minimum absolute atomic E-state index is 0.228. The third kappa shape index (κ3) is 5.35. The van der Waals surface area contributed by atoms with Crippen molar-refractivity contribution in [1.82, 2.24) is 9.97 Å². The molecule has 32 heavy (non-hydrogen) atoms. The highest BCUT2D eigenvalue weighted by molar-refractivity contribution is 9.10. The van der Waals surface area contributed by atoms with Crippen molar-refractivity contribution in [2.24, 2.45) is 0 Å². The van der Waals surface area contributed by atoms with Gasteiger partial charge in [-0.3, -0.25) is 4.79 Å². The second-order valence-corrected chi connectivity index (χ2v) is 8.15. The third-order valence-electron chi connectivity index (χ3n) is 4.99. The van der Waals surface area contributed by atoms with E-state index >= 15 is 0 Å². The second-order valence-electron chi connectivity index (χ2n) is 7.29. The number of ether oxygens (including phenoxy) is 2. The number of aromatic nitrogens is 2. The van der Waals surface area contributed by atoms with Gasteiger partial charge in [0.05, 0.1) is 25.9 Å². The molecule has 1 saturated heterocycles. The molecule has 2 N–H and O–H groups in total. The van der Waals surface area contributed by atoms with E-state index in [-0.39, 0.29) is 5.91 Å². The minimum atomic E-state index is -0.228. The molecule has 2 heterocycles. The Kier molecular flexibility index (Phi) is 6.87. The predicted octanol–water partition coefficient (Wildman–Crippen LogP) is 4.39.